The van der Waals surface area contributed by atoms with Crippen LogP contribution in [0.25, 0.3) is 0 Å². The van der Waals surface area contributed by atoms with Crippen molar-refractivity contribution < 1.29 is 19.7 Å². The fourth-order valence-electron chi connectivity index (χ4n) is 0. The third-order valence-electron chi connectivity index (χ3n) is 0. The molecule has 0 atom stereocenters. The maximum Gasteiger partial charge on any atom is -0.147 e. The third-order valence-corrected chi connectivity index (χ3v) is 0. The minimum atomic E-state index is 0. The van der Waals surface area contributed by atoms with Crippen molar-refractivity contribution in [2.45, 2.75) is 0 Å². The Bertz CT molecular complexity index is 16.9. The molecule has 4 heteroatoms. The number of hydrogen-bond donors (Lipinski definition) is 1. The van der Waals surface area contributed by atoms with Gasteiger partial charge in [0.2, 0.25) is 0 Å². The van der Waals surface area contributed by atoms with E-state index in [4.69, 9.17) is 0 Å². The van der Waals surface area contributed by atoms with Crippen LogP contribution in [0.5, 0.6) is 0 Å². The molecule has 0 aliphatic carbocycles. The molecule has 0 saturated heterocycles. The van der Waals surface area contributed by atoms with Crippen molar-refractivity contribution in [3.05, 3.63) is 0 Å². The van der Waals surface area contributed by atoms with Gasteiger partial charge in [-0.2, -0.15) is 0 Å². The van der Waals surface area contributed by atoms with Gasteiger partial charge in [0.1, 0.15) is 0 Å². The van der Waals surface area contributed by atoms with Crippen molar-refractivity contribution in [3.8, 4) is 0 Å². The Kier molecular flexibility index (Phi) is 66.7. The summed E-state index contributed by atoms with van der Waals surface area (Å²) in [6.45, 7) is 0. The largest absolute Gasteiger partial charge is 0.147 e. The molecule has 0 aromatic carbocycles. The fraction of sp³-hybridized carbons (Fsp3) is 1.00. The summed E-state index contributed by atoms with van der Waals surface area (Å²) in [6, 6.07) is 0. The predicted octanol–water partition coefficient (Wildman–Crippen LogP) is 0.352. The number of halogens is 1. The molecule has 0 aliphatic heterocycles. The van der Waals surface area contributed by atoms with E-state index < -0.39 is 0 Å². The molecule has 0 aliphatic rings. The first kappa shape index (κ1) is 15.6. The molecule has 0 saturated carbocycles. The molecule has 0 radical (unpaired) electrons. The molecule has 51 valence electrons. The van der Waals surface area contributed by atoms with E-state index in [1.807, 2.05) is 14.1 Å². The van der Waals surface area contributed by atoms with Crippen LogP contribution in [0.2, 0.25) is 0 Å². The average molecular weight is 171 g/mol. The van der Waals surface area contributed by atoms with Gasteiger partial charge in [0.05, 0.1) is 0 Å². The molecule has 0 spiro atoms. The SMILES string of the molecule is CNC.C[O][Ni].Cl. The second kappa shape index (κ2) is 29.8. The second-order valence-corrected chi connectivity index (χ2v) is 1.03. The van der Waals surface area contributed by atoms with Crippen molar-refractivity contribution in [1.29, 1.82) is 0 Å². The van der Waals surface area contributed by atoms with Crippen LogP contribution in [0.4, 0.5) is 0 Å². The van der Waals surface area contributed by atoms with Crippen LogP contribution in [0.3, 0.4) is 0 Å². The number of rotatable bonds is 0. The smallest absolute Gasteiger partial charge is 0.147 e. The Morgan fingerprint density at radius 1 is 1.43 bits per heavy atom. The van der Waals surface area contributed by atoms with Crippen molar-refractivity contribution in [2.75, 3.05) is 21.2 Å². The monoisotopic (exact) mass is 170 g/mol. The van der Waals surface area contributed by atoms with Gasteiger partial charge in [-0.15, -0.1) is 12.4 Å². The summed E-state index contributed by atoms with van der Waals surface area (Å²) in [4.78, 5) is 0. The zero-order valence-corrected chi connectivity index (χ0v) is 6.44. The molecule has 0 aromatic heterocycles. The molecule has 0 heterocycles. The maximum atomic E-state index is 3.88. The quantitative estimate of drug-likeness (QED) is 0.531. The van der Waals surface area contributed by atoms with E-state index in [9.17, 15) is 0 Å². The predicted molar refractivity (Wildman–Crippen MR) is 29.2 cm³/mol. The van der Waals surface area contributed by atoms with Gasteiger partial charge in [-0.1, -0.05) is 0 Å². The zero-order valence-electron chi connectivity index (χ0n) is 4.63. The summed E-state index contributed by atoms with van der Waals surface area (Å²) in [7, 11) is 5.21. The summed E-state index contributed by atoms with van der Waals surface area (Å²) in [5.74, 6) is 0. The van der Waals surface area contributed by atoms with Gasteiger partial charge in [-0.25, -0.2) is 0 Å². The van der Waals surface area contributed by atoms with Gasteiger partial charge in [0.15, 0.2) is 0 Å². The Morgan fingerprint density at radius 2 is 1.43 bits per heavy atom. The Labute approximate surface area is 59.1 Å². The van der Waals surface area contributed by atoms with Crippen LogP contribution in [0.1, 0.15) is 0 Å². The van der Waals surface area contributed by atoms with Crippen molar-refractivity contribution >= 4 is 12.4 Å². The van der Waals surface area contributed by atoms with Gasteiger partial charge in [0.25, 0.3) is 0 Å². The maximum absolute atomic E-state index is 3.88. The van der Waals surface area contributed by atoms with Gasteiger partial charge >= 0.3 is 26.8 Å². The van der Waals surface area contributed by atoms with E-state index in [-0.39, 0.29) is 12.4 Å². The standard InChI is InChI=1S/C2H7N.CH3O.ClH.Ni/c1-3-2;1-2;;/h3H,1-2H3;1H3;1H;/q;-1;;+1. The van der Waals surface area contributed by atoms with Gasteiger partial charge in [-0.05, 0) is 14.1 Å². The molecule has 0 amide bonds. The van der Waals surface area contributed by atoms with Crippen LogP contribution in [0, 0.1) is 0 Å². The van der Waals surface area contributed by atoms with Gasteiger partial charge in [0, 0.05) is 0 Å². The van der Waals surface area contributed by atoms with Crippen LogP contribution in [-0.2, 0) is 19.7 Å². The average Bonchev–Trinajstić information content (AvgIpc) is 1.39. The van der Waals surface area contributed by atoms with E-state index in [2.05, 4.69) is 25.0 Å². The molecule has 0 unspecified atom stereocenters. The molecule has 1 N–H and O–H groups in total. The molecule has 2 nitrogen and oxygen atoms in total. The molecular formula is C3H11ClNNiO. The van der Waals surface area contributed by atoms with Gasteiger partial charge in [-0.3, -0.25) is 0 Å². The van der Waals surface area contributed by atoms with E-state index in [1.165, 1.54) is 7.11 Å². The first-order valence-corrected chi connectivity index (χ1v) is 1.94. The van der Waals surface area contributed by atoms with E-state index >= 15 is 0 Å². The topological polar surface area (TPSA) is 21.3 Å². The Balaban J connectivity index is -0.0000000400. The normalized spacial score (nSPS) is 5.29. The minimum Gasteiger partial charge on any atom is -0.147 e. The van der Waals surface area contributed by atoms with E-state index in [1.54, 1.807) is 0 Å². The summed E-state index contributed by atoms with van der Waals surface area (Å²) < 4.78 is 3.88. The van der Waals surface area contributed by atoms with E-state index in [0.717, 1.165) is 0 Å². The summed E-state index contributed by atoms with van der Waals surface area (Å²) >= 11 is 3.67. The first-order valence-electron chi connectivity index (χ1n) is 1.54. The fourth-order valence-corrected chi connectivity index (χ4v) is 0. The molecule has 0 rings (SSSR count). The zero-order chi connectivity index (χ0) is 5.41. The Morgan fingerprint density at radius 3 is 1.43 bits per heavy atom. The summed E-state index contributed by atoms with van der Waals surface area (Å²) in [6.07, 6.45) is 0. The first-order chi connectivity index (χ1) is 2.83. The summed E-state index contributed by atoms with van der Waals surface area (Å²) in [5, 5.41) is 2.75. The molecular weight excluding hydrogens is 160 g/mol. The molecule has 7 heavy (non-hydrogen) atoms. The van der Waals surface area contributed by atoms with Gasteiger partial charge < -0.3 is 5.32 Å². The van der Waals surface area contributed by atoms with Crippen molar-refractivity contribution in [3.63, 3.8) is 0 Å². The van der Waals surface area contributed by atoms with Crippen LogP contribution >= 0.6 is 12.4 Å². The summed E-state index contributed by atoms with van der Waals surface area (Å²) in [5.41, 5.74) is 0. The van der Waals surface area contributed by atoms with Crippen molar-refractivity contribution in [1.82, 2.24) is 5.32 Å². The second-order valence-electron chi connectivity index (χ2n) is 0.629. The third kappa shape index (κ3) is 300. The molecule has 0 bridgehead atoms. The molecule has 0 aromatic rings. The number of nitrogens with one attached hydrogen (secondary N) is 1. The Hall–Kier alpha value is 0.704. The van der Waals surface area contributed by atoms with Crippen LogP contribution in [0.15, 0.2) is 0 Å². The van der Waals surface area contributed by atoms with Crippen molar-refractivity contribution in [2.24, 2.45) is 0 Å². The molecule has 0 fully saturated rings. The van der Waals surface area contributed by atoms with E-state index in [0.29, 0.717) is 0 Å². The van der Waals surface area contributed by atoms with Crippen LogP contribution in [-0.4, -0.2) is 21.2 Å². The van der Waals surface area contributed by atoms with Crippen LogP contribution < -0.4 is 5.32 Å². The minimum absolute atomic E-state index is 0. The number of hydrogen-bond acceptors (Lipinski definition) is 2.